The molecule has 1 atom stereocenters. The van der Waals surface area contributed by atoms with Crippen molar-refractivity contribution in [2.24, 2.45) is 4.99 Å². The van der Waals surface area contributed by atoms with E-state index in [2.05, 4.69) is 30.5 Å². The molecule has 0 aliphatic carbocycles. The summed E-state index contributed by atoms with van der Waals surface area (Å²) < 4.78 is 33.9. The molecule has 31 heavy (non-hydrogen) atoms. The van der Waals surface area contributed by atoms with Crippen LogP contribution in [-0.2, 0) is 6.42 Å². The largest absolute Gasteiger partial charge is 0.435 e. The molecule has 0 aliphatic heterocycles. The van der Waals surface area contributed by atoms with E-state index in [9.17, 15) is 13.9 Å². The van der Waals surface area contributed by atoms with Crippen LogP contribution >= 0.6 is 24.0 Å². The van der Waals surface area contributed by atoms with Gasteiger partial charge in [0.15, 0.2) is 11.8 Å². The minimum atomic E-state index is -2.88. The molecule has 2 aromatic rings. The Morgan fingerprint density at radius 2 is 1.94 bits per heavy atom. The number of aliphatic hydroxyl groups excluding tert-OH is 1. The van der Waals surface area contributed by atoms with Gasteiger partial charge in [-0.05, 0) is 31.0 Å². The van der Waals surface area contributed by atoms with Gasteiger partial charge in [0.05, 0.1) is 12.6 Å². The number of aryl methyl sites for hydroxylation is 1. The molecular weight excluding hydrogens is 523 g/mol. The average Bonchev–Trinajstić information content (AvgIpc) is 3.18. The topological polar surface area (TPSA) is 105 Å². The second kappa shape index (κ2) is 14.1. The molecule has 2 rings (SSSR count). The molecule has 0 radical (unpaired) electrons. The maximum Gasteiger partial charge on any atom is 0.387 e. The zero-order chi connectivity index (χ0) is 21.9. The maximum absolute atomic E-state index is 12.2. The van der Waals surface area contributed by atoms with E-state index in [4.69, 9.17) is 4.52 Å². The quantitative estimate of drug-likeness (QED) is 0.169. The monoisotopic (exact) mass is 553 g/mol. The molecule has 1 aromatic carbocycles. The molecular formula is C20H30F2IN5O3. The molecule has 0 saturated heterocycles. The number of benzene rings is 1. The lowest BCUT2D eigenvalue weighted by atomic mass is 10.1. The molecule has 0 aliphatic rings. The minimum Gasteiger partial charge on any atom is -0.435 e. The third-order valence-electron chi connectivity index (χ3n) is 4.12. The summed E-state index contributed by atoms with van der Waals surface area (Å²) in [6.07, 6.45) is 0.564. The summed E-state index contributed by atoms with van der Waals surface area (Å²) in [4.78, 5) is 8.72. The number of aromatic nitrogens is 2. The number of rotatable bonds is 11. The highest BCUT2D eigenvalue weighted by atomic mass is 127. The van der Waals surface area contributed by atoms with Gasteiger partial charge >= 0.3 is 6.61 Å². The summed E-state index contributed by atoms with van der Waals surface area (Å²) >= 11 is 0. The SMILES string of the molecule is CCNC(=NCC(O)c1ccc(OC(F)F)cc1)NCCCc1nc(C(C)C)no1.I. The van der Waals surface area contributed by atoms with Gasteiger partial charge < -0.3 is 25.0 Å². The van der Waals surface area contributed by atoms with Gasteiger partial charge in [-0.3, -0.25) is 4.99 Å². The van der Waals surface area contributed by atoms with Crippen molar-refractivity contribution in [3.63, 3.8) is 0 Å². The van der Waals surface area contributed by atoms with Gasteiger partial charge in [0.25, 0.3) is 0 Å². The van der Waals surface area contributed by atoms with Crippen LogP contribution in [0.4, 0.5) is 8.78 Å². The second-order valence-electron chi connectivity index (χ2n) is 6.91. The summed E-state index contributed by atoms with van der Waals surface area (Å²) in [7, 11) is 0. The third kappa shape index (κ3) is 9.76. The van der Waals surface area contributed by atoms with Crippen LogP contribution in [0.3, 0.4) is 0 Å². The van der Waals surface area contributed by atoms with E-state index in [1.165, 1.54) is 24.3 Å². The fraction of sp³-hybridized carbons (Fsp3) is 0.550. The highest BCUT2D eigenvalue weighted by molar-refractivity contribution is 14.0. The van der Waals surface area contributed by atoms with Crippen molar-refractivity contribution in [1.82, 2.24) is 20.8 Å². The van der Waals surface area contributed by atoms with E-state index in [-0.39, 0.29) is 42.2 Å². The predicted octanol–water partition coefficient (Wildman–Crippen LogP) is 3.63. The molecule has 174 valence electrons. The lowest BCUT2D eigenvalue weighted by Gasteiger charge is -2.13. The highest BCUT2D eigenvalue weighted by Gasteiger charge is 2.11. The Kier molecular flexibility index (Phi) is 12.3. The number of aliphatic imine (C=N–C) groups is 1. The van der Waals surface area contributed by atoms with Gasteiger partial charge in [-0.25, -0.2) is 0 Å². The van der Waals surface area contributed by atoms with Gasteiger partial charge in [-0.2, -0.15) is 13.8 Å². The van der Waals surface area contributed by atoms with Crippen molar-refractivity contribution in [3.05, 3.63) is 41.5 Å². The Morgan fingerprint density at radius 1 is 1.23 bits per heavy atom. The molecule has 11 heteroatoms. The summed E-state index contributed by atoms with van der Waals surface area (Å²) in [6, 6.07) is 5.85. The van der Waals surface area contributed by atoms with Crippen LogP contribution in [0, 0.1) is 0 Å². The Hall–Kier alpha value is -2.02. The van der Waals surface area contributed by atoms with Crippen LogP contribution in [0.1, 0.15) is 56.5 Å². The third-order valence-corrected chi connectivity index (χ3v) is 4.12. The van der Waals surface area contributed by atoms with E-state index < -0.39 is 12.7 Å². The van der Waals surface area contributed by atoms with Gasteiger partial charge in [0.1, 0.15) is 5.75 Å². The number of alkyl halides is 2. The van der Waals surface area contributed by atoms with Gasteiger partial charge in [-0.15, -0.1) is 24.0 Å². The first-order valence-electron chi connectivity index (χ1n) is 9.96. The molecule has 1 heterocycles. The number of aliphatic hydroxyl groups is 1. The summed E-state index contributed by atoms with van der Waals surface area (Å²) in [5.41, 5.74) is 0.563. The van der Waals surface area contributed by atoms with Crippen LogP contribution < -0.4 is 15.4 Å². The molecule has 0 bridgehead atoms. The van der Waals surface area contributed by atoms with Crippen molar-refractivity contribution < 1.29 is 23.1 Å². The lowest BCUT2D eigenvalue weighted by Crippen LogP contribution is -2.38. The Balaban J connectivity index is 0.00000480. The van der Waals surface area contributed by atoms with Crippen molar-refractivity contribution >= 4 is 29.9 Å². The summed E-state index contributed by atoms with van der Waals surface area (Å²) in [5.74, 6) is 2.16. The van der Waals surface area contributed by atoms with Gasteiger partial charge in [-0.1, -0.05) is 31.1 Å². The second-order valence-corrected chi connectivity index (χ2v) is 6.91. The standard InChI is InChI=1S/C20H29F2N5O3.HI/c1-4-23-20(24-11-5-6-17-26-18(13(2)3)27-30-17)25-12-16(28)14-7-9-15(10-8-14)29-19(21)22;/h7-10,13,16,19,28H,4-6,11-12H2,1-3H3,(H2,23,24,25);1H. The normalized spacial score (nSPS) is 12.6. The van der Waals surface area contributed by atoms with Crippen LogP contribution in [0.15, 0.2) is 33.8 Å². The smallest absolute Gasteiger partial charge is 0.387 e. The molecule has 0 fully saturated rings. The number of guanidine groups is 1. The van der Waals surface area contributed by atoms with Crippen molar-refractivity contribution in [1.29, 1.82) is 0 Å². The lowest BCUT2D eigenvalue weighted by molar-refractivity contribution is -0.0498. The fourth-order valence-corrected chi connectivity index (χ4v) is 2.55. The maximum atomic E-state index is 12.2. The first-order valence-corrected chi connectivity index (χ1v) is 9.96. The number of hydrogen-bond donors (Lipinski definition) is 3. The van der Waals surface area contributed by atoms with Crippen LogP contribution in [0.5, 0.6) is 5.75 Å². The molecule has 1 aromatic heterocycles. The van der Waals surface area contributed by atoms with Crippen molar-refractivity contribution in [2.45, 2.75) is 52.2 Å². The molecule has 0 saturated carbocycles. The number of ether oxygens (including phenoxy) is 1. The zero-order valence-corrected chi connectivity index (χ0v) is 20.2. The molecule has 1 unspecified atom stereocenters. The van der Waals surface area contributed by atoms with Gasteiger partial charge in [0, 0.05) is 25.4 Å². The van der Waals surface area contributed by atoms with Crippen LogP contribution in [0.25, 0.3) is 0 Å². The Labute approximate surface area is 197 Å². The first-order chi connectivity index (χ1) is 14.4. The number of halogens is 3. The fourth-order valence-electron chi connectivity index (χ4n) is 2.55. The van der Waals surface area contributed by atoms with E-state index in [1.54, 1.807) is 0 Å². The summed E-state index contributed by atoms with van der Waals surface area (Å²) in [6.45, 7) is 4.51. The van der Waals surface area contributed by atoms with E-state index >= 15 is 0 Å². The van der Waals surface area contributed by atoms with E-state index in [1.807, 2.05) is 20.8 Å². The first kappa shape index (κ1) is 27.0. The minimum absolute atomic E-state index is 0. The molecule has 3 N–H and O–H groups in total. The van der Waals surface area contributed by atoms with E-state index in [0.29, 0.717) is 42.7 Å². The van der Waals surface area contributed by atoms with Crippen LogP contribution in [-0.4, -0.2) is 47.5 Å². The molecule has 0 amide bonds. The predicted molar refractivity (Wildman–Crippen MR) is 124 cm³/mol. The number of nitrogens with zero attached hydrogens (tertiary/aromatic N) is 3. The Morgan fingerprint density at radius 3 is 2.52 bits per heavy atom. The molecule has 0 spiro atoms. The van der Waals surface area contributed by atoms with Crippen molar-refractivity contribution in [3.8, 4) is 5.75 Å². The molecule has 8 nitrogen and oxygen atoms in total. The average molecular weight is 553 g/mol. The van der Waals surface area contributed by atoms with Crippen LogP contribution in [0.2, 0.25) is 0 Å². The number of hydrogen-bond acceptors (Lipinski definition) is 6. The summed E-state index contributed by atoms with van der Waals surface area (Å²) in [5, 5.41) is 20.5. The number of nitrogens with one attached hydrogen (secondary N) is 2. The highest BCUT2D eigenvalue weighted by Crippen LogP contribution is 2.19. The van der Waals surface area contributed by atoms with E-state index in [0.717, 1.165) is 6.42 Å². The Bertz CT molecular complexity index is 787. The van der Waals surface area contributed by atoms with Crippen molar-refractivity contribution in [2.75, 3.05) is 19.6 Å². The zero-order valence-electron chi connectivity index (χ0n) is 17.8. The van der Waals surface area contributed by atoms with Gasteiger partial charge in [0.2, 0.25) is 5.89 Å².